The zero-order valence-electron chi connectivity index (χ0n) is 15.1. The first-order valence-electron chi connectivity index (χ1n) is 8.17. The summed E-state index contributed by atoms with van der Waals surface area (Å²) in [6, 6.07) is 5.33. The number of methoxy groups -OCH3 is 4. The molecule has 1 heterocycles. The second-order valence-electron chi connectivity index (χ2n) is 6.14. The highest BCUT2D eigenvalue weighted by atomic mass is 16.6. The Bertz CT molecular complexity index is 745. The lowest BCUT2D eigenvalue weighted by atomic mass is 9.86. The SMILES string of the molecule is COC(=O)[C@H]1C[C@@H](C(=O)OC)[C@H]2ON=C(c3ccc(OC)c(OC)c3)[C@H]21. The molecule has 0 spiro atoms. The van der Waals surface area contributed by atoms with Crippen LogP contribution in [0.2, 0.25) is 0 Å². The van der Waals surface area contributed by atoms with Gasteiger partial charge in [0.15, 0.2) is 11.5 Å². The first kappa shape index (κ1) is 18.0. The number of carbonyl (C=O) groups is 2. The van der Waals surface area contributed by atoms with Crippen molar-refractivity contribution < 1.29 is 33.4 Å². The van der Waals surface area contributed by atoms with Crippen molar-refractivity contribution in [2.75, 3.05) is 28.4 Å². The number of esters is 2. The van der Waals surface area contributed by atoms with Gasteiger partial charge in [0.25, 0.3) is 0 Å². The van der Waals surface area contributed by atoms with Gasteiger partial charge in [-0.1, -0.05) is 5.16 Å². The van der Waals surface area contributed by atoms with Gasteiger partial charge in [0.05, 0.1) is 51.9 Å². The lowest BCUT2D eigenvalue weighted by Gasteiger charge is -2.17. The highest BCUT2D eigenvalue weighted by Gasteiger charge is 2.57. The summed E-state index contributed by atoms with van der Waals surface area (Å²) in [5.41, 5.74) is 1.31. The number of ether oxygens (including phenoxy) is 4. The van der Waals surface area contributed by atoms with Gasteiger partial charge in [-0.3, -0.25) is 9.59 Å². The highest BCUT2D eigenvalue weighted by molar-refractivity contribution is 6.06. The molecule has 2 aliphatic rings. The van der Waals surface area contributed by atoms with E-state index in [0.717, 1.165) is 5.56 Å². The van der Waals surface area contributed by atoms with Crippen LogP contribution in [-0.4, -0.2) is 52.2 Å². The van der Waals surface area contributed by atoms with E-state index in [1.54, 1.807) is 19.2 Å². The second-order valence-corrected chi connectivity index (χ2v) is 6.14. The Morgan fingerprint density at radius 3 is 2.27 bits per heavy atom. The smallest absolute Gasteiger partial charge is 0.312 e. The van der Waals surface area contributed by atoms with Crippen molar-refractivity contribution in [2.24, 2.45) is 22.9 Å². The Balaban J connectivity index is 1.97. The molecule has 0 aromatic heterocycles. The van der Waals surface area contributed by atoms with Crippen LogP contribution >= 0.6 is 0 Å². The number of hydrogen-bond donors (Lipinski definition) is 0. The Morgan fingerprint density at radius 2 is 1.65 bits per heavy atom. The summed E-state index contributed by atoms with van der Waals surface area (Å²) >= 11 is 0. The lowest BCUT2D eigenvalue weighted by molar-refractivity contribution is -0.149. The summed E-state index contributed by atoms with van der Waals surface area (Å²) in [5, 5.41) is 4.16. The zero-order valence-corrected chi connectivity index (χ0v) is 15.1. The zero-order chi connectivity index (χ0) is 18.8. The van der Waals surface area contributed by atoms with Gasteiger partial charge in [-0.25, -0.2) is 0 Å². The van der Waals surface area contributed by atoms with Crippen molar-refractivity contribution in [3.63, 3.8) is 0 Å². The number of oxime groups is 1. The van der Waals surface area contributed by atoms with E-state index < -0.39 is 35.8 Å². The van der Waals surface area contributed by atoms with Crippen LogP contribution in [0.25, 0.3) is 0 Å². The van der Waals surface area contributed by atoms with Crippen LogP contribution in [0.5, 0.6) is 11.5 Å². The molecule has 0 N–H and O–H groups in total. The van der Waals surface area contributed by atoms with E-state index >= 15 is 0 Å². The van der Waals surface area contributed by atoms with Gasteiger partial charge >= 0.3 is 11.9 Å². The number of benzene rings is 1. The molecule has 8 nitrogen and oxygen atoms in total. The van der Waals surface area contributed by atoms with E-state index in [0.29, 0.717) is 23.6 Å². The van der Waals surface area contributed by atoms with E-state index in [9.17, 15) is 9.59 Å². The fourth-order valence-electron chi connectivity index (χ4n) is 3.71. The maximum atomic E-state index is 12.3. The fourth-order valence-corrected chi connectivity index (χ4v) is 3.71. The summed E-state index contributed by atoms with van der Waals surface area (Å²) in [4.78, 5) is 29.9. The van der Waals surface area contributed by atoms with Gasteiger partial charge in [-0.15, -0.1) is 0 Å². The van der Waals surface area contributed by atoms with Crippen molar-refractivity contribution in [3.8, 4) is 11.5 Å². The van der Waals surface area contributed by atoms with Crippen LogP contribution in [0.1, 0.15) is 12.0 Å². The second kappa shape index (κ2) is 7.23. The number of carbonyl (C=O) groups excluding carboxylic acids is 2. The Hall–Kier alpha value is -2.77. The molecule has 140 valence electrons. The Kier molecular flexibility index (Phi) is 5.01. The molecule has 0 unspecified atom stereocenters. The monoisotopic (exact) mass is 363 g/mol. The first-order chi connectivity index (χ1) is 12.5. The third-order valence-electron chi connectivity index (χ3n) is 4.97. The van der Waals surface area contributed by atoms with Gasteiger partial charge < -0.3 is 23.8 Å². The predicted octanol–water partition coefficient (Wildman–Crippen LogP) is 1.40. The maximum Gasteiger partial charge on any atom is 0.312 e. The standard InChI is InChI=1S/C18H21NO7/c1-22-12-6-5-9(7-13(12)23-2)15-14-10(17(20)24-3)8-11(18(21)25-4)16(14)26-19-15/h5-7,10-11,14,16H,8H2,1-4H3/t10-,11+,14+,16+/m0/s1. The van der Waals surface area contributed by atoms with Crippen molar-refractivity contribution in [3.05, 3.63) is 23.8 Å². The molecule has 1 saturated carbocycles. The molecule has 1 aliphatic carbocycles. The van der Waals surface area contributed by atoms with Crippen LogP contribution in [0.4, 0.5) is 0 Å². The molecular formula is C18H21NO7. The predicted molar refractivity (Wildman–Crippen MR) is 90.1 cm³/mol. The van der Waals surface area contributed by atoms with Crippen molar-refractivity contribution in [1.82, 2.24) is 0 Å². The quantitative estimate of drug-likeness (QED) is 0.730. The van der Waals surface area contributed by atoms with Crippen LogP contribution in [0.3, 0.4) is 0 Å². The third kappa shape index (κ3) is 2.85. The highest BCUT2D eigenvalue weighted by Crippen LogP contribution is 2.46. The summed E-state index contributed by atoms with van der Waals surface area (Å²) < 4.78 is 20.4. The Morgan fingerprint density at radius 1 is 1.00 bits per heavy atom. The fraction of sp³-hybridized carbons (Fsp3) is 0.500. The van der Waals surface area contributed by atoms with Crippen molar-refractivity contribution in [2.45, 2.75) is 12.5 Å². The molecule has 0 bridgehead atoms. The number of rotatable bonds is 5. The van der Waals surface area contributed by atoms with Crippen LogP contribution in [0, 0.1) is 17.8 Å². The number of nitrogens with zero attached hydrogens (tertiary/aromatic N) is 1. The molecule has 0 saturated heterocycles. The summed E-state index contributed by atoms with van der Waals surface area (Å²) in [7, 11) is 5.73. The molecule has 4 atom stereocenters. The third-order valence-corrected chi connectivity index (χ3v) is 4.97. The molecule has 3 rings (SSSR count). The summed E-state index contributed by atoms with van der Waals surface area (Å²) in [6.45, 7) is 0. The minimum Gasteiger partial charge on any atom is -0.493 e. The van der Waals surface area contributed by atoms with Gasteiger partial charge in [-0.2, -0.15) is 0 Å². The molecule has 1 aromatic carbocycles. The van der Waals surface area contributed by atoms with E-state index in [-0.39, 0.29) is 0 Å². The topological polar surface area (TPSA) is 92.7 Å². The summed E-state index contributed by atoms with van der Waals surface area (Å²) in [6.07, 6.45) is -0.268. The van der Waals surface area contributed by atoms with Crippen molar-refractivity contribution >= 4 is 17.7 Å². The molecule has 1 aromatic rings. The van der Waals surface area contributed by atoms with E-state index in [1.807, 2.05) is 6.07 Å². The summed E-state index contributed by atoms with van der Waals surface area (Å²) in [5.74, 6) is -1.21. The van der Waals surface area contributed by atoms with E-state index in [2.05, 4.69) is 5.16 Å². The number of hydrogen-bond acceptors (Lipinski definition) is 8. The average Bonchev–Trinajstić information content (AvgIpc) is 3.26. The Labute approximate surface area is 151 Å². The lowest BCUT2D eigenvalue weighted by Crippen LogP contribution is -2.32. The van der Waals surface area contributed by atoms with Gasteiger partial charge in [0.1, 0.15) is 6.10 Å². The van der Waals surface area contributed by atoms with Crippen molar-refractivity contribution in [1.29, 1.82) is 0 Å². The largest absolute Gasteiger partial charge is 0.493 e. The number of fused-ring (bicyclic) bond motifs is 1. The van der Waals surface area contributed by atoms with Crippen LogP contribution in [-0.2, 0) is 23.9 Å². The maximum absolute atomic E-state index is 12.3. The van der Waals surface area contributed by atoms with Crippen LogP contribution < -0.4 is 9.47 Å². The molecule has 26 heavy (non-hydrogen) atoms. The first-order valence-corrected chi connectivity index (χ1v) is 8.17. The van der Waals surface area contributed by atoms with Gasteiger partial charge in [0.2, 0.25) is 0 Å². The molecule has 0 radical (unpaired) electrons. The average molecular weight is 363 g/mol. The molecule has 8 heteroatoms. The minimum atomic E-state index is -0.574. The minimum absolute atomic E-state index is 0.293. The van der Waals surface area contributed by atoms with Gasteiger partial charge in [0, 0.05) is 5.56 Å². The molecule has 0 amide bonds. The van der Waals surface area contributed by atoms with E-state index in [1.165, 1.54) is 21.3 Å². The molecule has 1 fully saturated rings. The molecular weight excluding hydrogens is 342 g/mol. The van der Waals surface area contributed by atoms with Gasteiger partial charge in [-0.05, 0) is 24.6 Å². The van der Waals surface area contributed by atoms with E-state index in [4.69, 9.17) is 23.8 Å². The normalized spacial score (nSPS) is 26.4. The molecule has 1 aliphatic heterocycles. The van der Waals surface area contributed by atoms with Crippen LogP contribution in [0.15, 0.2) is 23.4 Å².